The van der Waals surface area contributed by atoms with E-state index in [9.17, 15) is 0 Å². The molecule has 0 aromatic carbocycles. The molecule has 0 aliphatic carbocycles. The zero-order valence-corrected chi connectivity index (χ0v) is 11.0. The molecule has 0 radical (unpaired) electrons. The topological polar surface area (TPSA) is 78.0 Å². The Labute approximate surface area is 110 Å². The maximum atomic E-state index is 8.76. The summed E-state index contributed by atoms with van der Waals surface area (Å²) in [6.45, 7) is 2.34. The summed E-state index contributed by atoms with van der Waals surface area (Å²) < 4.78 is 0. The molecule has 0 bridgehead atoms. The summed E-state index contributed by atoms with van der Waals surface area (Å²) in [6.07, 6.45) is 0. The highest BCUT2D eigenvalue weighted by atomic mass is 35.5. The van der Waals surface area contributed by atoms with E-state index in [-0.39, 0.29) is 5.92 Å². The largest absolute Gasteiger partial charge is 0.357 e. The minimum Gasteiger partial charge on any atom is -0.357 e. The van der Waals surface area contributed by atoms with Crippen molar-refractivity contribution in [3.05, 3.63) is 16.1 Å². The Morgan fingerprint density at radius 3 is 2.76 bits per heavy atom. The number of nitrogens with two attached hydrogens (primary N) is 1. The number of hydrazine groups is 1. The van der Waals surface area contributed by atoms with E-state index in [4.69, 9.17) is 34.3 Å². The van der Waals surface area contributed by atoms with Crippen LogP contribution in [0.1, 0.15) is 6.92 Å². The minimum absolute atomic E-state index is 0.122. The predicted octanol–water partition coefficient (Wildman–Crippen LogP) is 2.27. The summed E-state index contributed by atoms with van der Waals surface area (Å²) in [5.41, 5.74) is 2.39. The monoisotopic (exact) mass is 273 g/mol. The summed E-state index contributed by atoms with van der Waals surface area (Å²) in [7, 11) is 1.80. The van der Waals surface area contributed by atoms with Gasteiger partial charge in [-0.25, -0.2) is 10.8 Å². The van der Waals surface area contributed by atoms with Gasteiger partial charge in [-0.05, 0) is 13.0 Å². The highest BCUT2D eigenvalue weighted by Gasteiger charge is 2.14. The van der Waals surface area contributed by atoms with Gasteiger partial charge in [0.2, 0.25) is 0 Å². The van der Waals surface area contributed by atoms with Crippen LogP contribution in [0, 0.1) is 17.2 Å². The van der Waals surface area contributed by atoms with Crippen molar-refractivity contribution in [3.63, 3.8) is 0 Å². The third kappa shape index (κ3) is 3.37. The van der Waals surface area contributed by atoms with Crippen LogP contribution in [0.2, 0.25) is 10.0 Å². The van der Waals surface area contributed by atoms with Crippen LogP contribution in [-0.4, -0.2) is 18.6 Å². The Hall–Kier alpha value is -1.22. The summed E-state index contributed by atoms with van der Waals surface area (Å²) in [5.74, 6) is 6.05. The Balaban J connectivity index is 3.01. The van der Waals surface area contributed by atoms with Gasteiger partial charge in [0.1, 0.15) is 5.82 Å². The molecule has 5 nitrogen and oxygen atoms in total. The average molecular weight is 274 g/mol. The zero-order valence-electron chi connectivity index (χ0n) is 9.54. The van der Waals surface area contributed by atoms with Crippen molar-refractivity contribution in [2.45, 2.75) is 6.92 Å². The third-order valence-electron chi connectivity index (χ3n) is 2.18. The molecule has 1 atom stereocenters. The van der Waals surface area contributed by atoms with Crippen molar-refractivity contribution in [2.24, 2.45) is 11.8 Å². The van der Waals surface area contributed by atoms with Crippen molar-refractivity contribution in [1.82, 2.24) is 4.98 Å². The van der Waals surface area contributed by atoms with E-state index in [1.807, 2.05) is 6.92 Å². The van der Waals surface area contributed by atoms with Gasteiger partial charge in [0.15, 0.2) is 5.82 Å². The summed E-state index contributed by atoms with van der Waals surface area (Å²) in [6, 6.07) is 3.71. The van der Waals surface area contributed by atoms with Crippen molar-refractivity contribution in [1.29, 1.82) is 5.26 Å². The molecule has 1 rings (SSSR count). The van der Waals surface area contributed by atoms with Gasteiger partial charge in [0, 0.05) is 13.6 Å². The SMILES string of the molecule is CC(C#N)CN(C)c1nc(NN)c(Cl)cc1Cl. The minimum atomic E-state index is -0.122. The van der Waals surface area contributed by atoms with Gasteiger partial charge < -0.3 is 10.3 Å². The van der Waals surface area contributed by atoms with Crippen LogP contribution in [0.3, 0.4) is 0 Å². The lowest BCUT2D eigenvalue weighted by molar-refractivity contribution is 0.710. The summed E-state index contributed by atoms with van der Waals surface area (Å²) in [5, 5.41) is 9.53. The van der Waals surface area contributed by atoms with E-state index in [2.05, 4.69) is 16.5 Å². The second kappa shape index (κ2) is 5.92. The van der Waals surface area contributed by atoms with Gasteiger partial charge in [-0.15, -0.1) is 0 Å². The number of hydrogen-bond acceptors (Lipinski definition) is 5. The number of aromatic nitrogens is 1. The smallest absolute Gasteiger partial charge is 0.161 e. The maximum absolute atomic E-state index is 8.76. The highest BCUT2D eigenvalue weighted by Crippen LogP contribution is 2.30. The molecule has 3 N–H and O–H groups in total. The van der Waals surface area contributed by atoms with E-state index >= 15 is 0 Å². The molecular formula is C10H13Cl2N5. The molecule has 0 saturated heterocycles. The Kier molecular flexibility index (Phi) is 4.82. The van der Waals surface area contributed by atoms with Gasteiger partial charge in [-0.3, -0.25) is 0 Å². The summed E-state index contributed by atoms with van der Waals surface area (Å²) >= 11 is 11.9. The van der Waals surface area contributed by atoms with Gasteiger partial charge in [-0.1, -0.05) is 23.2 Å². The second-order valence-corrected chi connectivity index (χ2v) is 4.49. The first kappa shape index (κ1) is 13.8. The third-order valence-corrected chi connectivity index (χ3v) is 2.74. The standard InChI is InChI=1S/C10H13Cl2N5/c1-6(4-13)5-17(2)10-8(12)3-7(11)9(15-10)16-14/h3,6H,5,14H2,1-2H3,(H,15,16). The predicted molar refractivity (Wildman–Crippen MR) is 70.1 cm³/mol. The number of nitrogens with zero attached hydrogens (tertiary/aromatic N) is 3. The van der Waals surface area contributed by atoms with Gasteiger partial charge in [0.05, 0.1) is 22.0 Å². The molecular weight excluding hydrogens is 261 g/mol. The van der Waals surface area contributed by atoms with E-state index in [1.165, 1.54) is 0 Å². The Morgan fingerprint density at radius 2 is 2.24 bits per heavy atom. The fourth-order valence-electron chi connectivity index (χ4n) is 1.36. The first-order valence-corrected chi connectivity index (χ1v) is 5.68. The number of nitrogen functional groups attached to an aromatic ring is 1. The number of pyridine rings is 1. The van der Waals surface area contributed by atoms with Crippen LogP contribution in [0.4, 0.5) is 11.6 Å². The summed E-state index contributed by atoms with van der Waals surface area (Å²) in [4.78, 5) is 5.98. The number of anilines is 2. The van der Waals surface area contributed by atoms with Gasteiger partial charge in [-0.2, -0.15) is 5.26 Å². The molecule has 0 amide bonds. The zero-order chi connectivity index (χ0) is 13.0. The van der Waals surface area contributed by atoms with E-state index in [0.29, 0.717) is 28.2 Å². The molecule has 1 aromatic heterocycles. The van der Waals surface area contributed by atoms with Crippen molar-refractivity contribution >= 4 is 34.8 Å². The molecule has 1 aromatic rings. The van der Waals surface area contributed by atoms with Crippen LogP contribution in [0.25, 0.3) is 0 Å². The Morgan fingerprint density at radius 1 is 1.59 bits per heavy atom. The van der Waals surface area contributed by atoms with Crippen LogP contribution in [0.5, 0.6) is 0 Å². The number of nitriles is 1. The van der Waals surface area contributed by atoms with E-state index in [0.717, 1.165) is 0 Å². The van der Waals surface area contributed by atoms with Crippen LogP contribution in [0.15, 0.2) is 6.07 Å². The molecule has 1 unspecified atom stereocenters. The normalized spacial score (nSPS) is 11.8. The van der Waals surface area contributed by atoms with Crippen molar-refractivity contribution in [3.8, 4) is 6.07 Å². The first-order valence-electron chi connectivity index (χ1n) is 4.93. The number of hydrogen-bond donors (Lipinski definition) is 2. The number of nitrogens with one attached hydrogen (secondary N) is 1. The molecule has 7 heteroatoms. The lowest BCUT2D eigenvalue weighted by Crippen LogP contribution is -2.25. The average Bonchev–Trinajstić information content (AvgIpc) is 2.28. The van der Waals surface area contributed by atoms with Crippen LogP contribution in [-0.2, 0) is 0 Å². The quantitative estimate of drug-likeness (QED) is 0.650. The molecule has 0 spiro atoms. The maximum Gasteiger partial charge on any atom is 0.161 e. The Bertz CT molecular complexity index is 443. The van der Waals surface area contributed by atoms with E-state index < -0.39 is 0 Å². The molecule has 1 heterocycles. The molecule has 0 fully saturated rings. The molecule has 0 aliphatic heterocycles. The van der Waals surface area contributed by atoms with Gasteiger partial charge >= 0.3 is 0 Å². The number of rotatable bonds is 4. The lowest BCUT2D eigenvalue weighted by atomic mass is 10.2. The highest BCUT2D eigenvalue weighted by molar-refractivity contribution is 6.37. The van der Waals surface area contributed by atoms with Crippen molar-refractivity contribution in [2.75, 3.05) is 23.9 Å². The molecule has 0 saturated carbocycles. The molecule has 17 heavy (non-hydrogen) atoms. The first-order chi connectivity index (χ1) is 7.99. The molecule has 92 valence electrons. The second-order valence-electron chi connectivity index (χ2n) is 3.68. The van der Waals surface area contributed by atoms with Gasteiger partial charge in [0.25, 0.3) is 0 Å². The van der Waals surface area contributed by atoms with E-state index in [1.54, 1.807) is 18.0 Å². The molecule has 0 aliphatic rings. The lowest BCUT2D eigenvalue weighted by Gasteiger charge is -2.21. The van der Waals surface area contributed by atoms with Crippen LogP contribution >= 0.6 is 23.2 Å². The fraction of sp³-hybridized carbons (Fsp3) is 0.400. The van der Waals surface area contributed by atoms with Crippen LogP contribution < -0.4 is 16.2 Å². The fourth-order valence-corrected chi connectivity index (χ4v) is 1.92. The van der Waals surface area contributed by atoms with Crippen molar-refractivity contribution < 1.29 is 0 Å². The number of halogens is 2.